The molecule has 9 atom stereocenters. The summed E-state index contributed by atoms with van der Waals surface area (Å²) in [5.74, 6) is 6.76. The lowest BCUT2D eigenvalue weighted by atomic mass is 9.91. The van der Waals surface area contributed by atoms with Crippen molar-refractivity contribution < 1.29 is 28.4 Å². The average Bonchev–Trinajstić information content (AvgIpc) is 0.913. The zero-order valence-electron chi connectivity index (χ0n) is 101. The Morgan fingerprint density at radius 3 is 0.612 bits per heavy atom. The van der Waals surface area contributed by atoms with E-state index in [-0.39, 0.29) is 18.3 Å². The van der Waals surface area contributed by atoms with Crippen molar-refractivity contribution in [3.05, 3.63) is 243 Å². The summed E-state index contributed by atoms with van der Waals surface area (Å²) in [6, 6.07) is 0. The van der Waals surface area contributed by atoms with E-state index in [0.717, 1.165) is 274 Å². The SMILES string of the molecule is C/C=C\C/C=C\C/C=C\C/C=C\C/C=C\C/C=C\CCCOC(COCCC/C=C\C/C=C\C/C=C\C/C=C\C/C=C\C/C=C\CC)CN(C)C.CC(C)CCCC(C)CCCC(C)CCCC(C)CCOCC(CN(C)C)OCCC(C)CCCC(C)CCCC(C)CCCC(C)C.CCCCCC/C=C\C/C=C\C/C=C\C/C=C\CCCOCC(CN(C)C)OCCC/C=C\C/C=C\C/C=C\C/C=C\CCCCCC. The molecule has 0 bridgehead atoms. The highest BCUT2D eigenvalue weighted by molar-refractivity contribution is 5.06. The second-order valence-corrected chi connectivity index (χ2v) is 44.0. The van der Waals surface area contributed by atoms with E-state index in [0.29, 0.717) is 13.2 Å². The smallest absolute Gasteiger partial charge is 0.0934 e. The fourth-order valence-corrected chi connectivity index (χ4v) is 17.1. The summed E-state index contributed by atoms with van der Waals surface area (Å²) in [7, 11) is 12.7. The van der Waals surface area contributed by atoms with Crippen LogP contribution in [-0.2, 0) is 28.4 Å². The Kier molecular flexibility index (Phi) is 121. The third-order valence-corrected chi connectivity index (χ3v) is 26.4. The van der Waals surface area contributed by atoms with Gasteiger partial charge in [-0.05, 0) is 296 Å². The van der Waals surface area contributed by atoms with Crippen LogP contribution in [0.2, 0.25) is 0 Å². The lowest BCUT2D eigenvalue weighted by molar-refractivity contribution is -0.0325. The summed E-state index contributed by atoms with van der Waals surface area (Å²) in [5, 5.41) is 0. The Hall–Kier alpha value is -5.56. The summed E-state index contributed by atoms with van der Waals surface area (Å²) in [6.45, 7) is 42.4. The first-order valence-corrected chi connectivity index (χ1v) is 61.2. The zero-order valence-corrected chi connectivity index (χ0v) is 101. The fourth-order valence-electron chi connectivity index (χ4n) is 17.1. The molecular weight excluding hydrogens is 1800 g/mol. The molecular formula is C138H245N3O6. The molecule has 0 aromatic heterocycles. The second-order valence-electron chi connectivity index (χ2n) is 44.0. The van der Waals surface area contributed by atoms with Crippen LogP contribution in [0.25, 0.3) is 0 Å². The maximum absolute atomic E-state index is 6.37. The summed E-state index contributed by atoms with van der Waals surface area (Å²) >= 11 is 0. The standard InChI is InChI=1S/C48H75NO2.C45H93NO2.C45H77NO2/c1-5-7-9-11-13-15-17-19-21-23-25-27-28-30-32-34-36-38-40-42-44-50-47-48(46-49(3)4)51-45-43-41-39-37-35-33-31-29-26-24-22-20-18-16-14-12-10-8-6-2;1-37(2)19-13-21-39(5)23-15-25-41(7)27-17-29-43(9)31-33-47-36-45(35-46(11)12)48-34-32-44(10)30-18-28-42(8)26-16-24-40(6)22-14-20-38(3)4;1-5-7-9-11-13-15-17-19-21-23-25-27-29-31-33-35-37-39-41-47-44-45(43-46(3)4)48-42-40-38-36-34-32-30-28-26-24-22-20-18-16-14-12-10-8-6-2/h6-9,12-15,18-21,24-27,30-33,36-39,48H,5,10-11,16-17,22-23,28-29,34-35,40-47H2,1-4H3;37-45H,13-36H2,1-12H3;15-18,21-24,27-30,33-36,45H,5-14,19-20,25-26,31-32,37-44H2,1-4H3/b8-6-,9-7-,14-12-,15-13-,20-18-,21-19-,26-24-,27-25-,32-30-,33-31-,38-36-,39-37-;;17-15-,18-16-,23-21-,24-22-,29-27-,30-28-,35-33-,36-34-. The molecule has 147 heavy (non-hydrogen) atoms. The Morgan fingerprint density at radius 1 is 0.184 bits per heavy atom. The molecule has 0 saturated heterocycles. The lowest BCUT2D eigenvalue weighted by Crippen LogP contribution is -2.33. The third-order valence-electron chi connectivity index (χ3n) is 26.4. The average molecular weight is 2040 g/mol. The van der Waals surface area contributed by atoms with Crippen LogP contribution >= 0.6 is 0 Å². The highest BCUT2D eigenvalue weighted by Crippen LogP contribution is 2.26. The molecule has 0 aromatic rings. The molecule has 9 unspecified atom stereocenters. The quantitative estimate of drug-likeness (QED) is 0.0438. The molecule has 9 heteroatoms. The predicted octanol–water partition coefficient (Wildman–Crippen LogP) is 40.6. The van der Waals surface area contributed by atoms with Crippen LogP contribution in [0.15, 0.2) is 243 Å². The number of hydrogen-bond acceptors (Lipinski definition) is 9. The van der Waals surface area contributed by atoms with Crippen LogP contribution < -0.4 is 0 Å². The minimum absolute atomic E-state index is 0.117. The van der Waals surface area contributed by atoms with Gasteiger partial charge >= 0.3 is 0 Å². The first-order chi connectivity index (χ1) is 71.7. The maximum atomic E-state index is 6.37. The van der Waals surface area contributed by atoms with Gasteiger partial charge in [-0.3, -0.25) is 0 Å². The summed E-state index contributed by atoms with van der Waals surface area (Å²) in [4.78, 5) is 6.60. The molecule has 0 heterocycles. The van der Waals surface area contributed by atoms with E-state index >= 15 is 0 Å². The molecule has 848 valence electrons. The van der Waals surface area contributed by atoms with Crippen molar-refractivity contribution in [1.29, 1.82) is 0 Å². The molecule has 0 fully saturated rings. The van der Waals surface area contributed by atoms with E-state index in [9.17, 15) is 0 Å². The van der Waals surface area contributed by atoms with Crippen molar-refractivity contribution in [3.8, 4) is 0 Å². The predicted molar refractivity (Wildman–Crippen MR) is 661 cm³/mol. The molecule has 0 N–H and O–H groups in total. The van der Waals surface area contributed by atoms with Crippen LogP contribution in [0.5, 0.6) is 0 Å². The fraction of sp³-hybridized carbons (Fsp3) is 0.710. The molecule has 0 aliphatic heterocycles. The van der Waals surface area contributed by atoms with Gasteiger partial charge < -0.3 is 43.1 Å². The van der Waals surface area contributed by atoms with E-state index in [1.165, 1.54) is 193 Å². The molecule has 0 spiro atoms. The second kappa shape index (κ2) is 122. The number of likely N-dealkylation sites (N-methyl/N-ethyl adjacent to an activating group) is 3. The van der Waals surface area contributed by atoms with Gasteiger partial charge in [0, 0.05) is 59.3 Å². The van der Waals surface area contributed by atoms with Crippen LogP contribution in [0.1, 0.15) is 450 Å². The Bertz CT molecular complexity index is 3300. The maximum Gasteiger partial charge on any atom is 0.0934 e. The van der Waals surface area contributed by atoms with Gasteiger partial charge in [0.2, 0.25) is 0 Å². The Morgan fingerprint density at radius 2 is 0.381 bits per heavy atom. The van der Waals surface area contributed by atoms with E-state index in [1.54, 1.807) is 0 Å². The summed E-state index contributed by atoms with van der Waals surface area (Å²) in [5.41, 5.74) is 0. The van der Waals surface area contributed by atoms with E-state index in [2.05, 4.69) is 397 Å². The summed E-state index contributed by atoms with van der Waals surface area (Å²) in [6.07, 6.45) is 157. The highest BCUT2D eigenvalue weighted by Gasteiger charge is 2.17. The minimum Gasteiger partial charge on any atom is -0.379 e. The highest BCUT2D eigenvalue weighted by atomic mass is 16.5. The van der Waals surface area contributed by atoms with Gasteiger partial charge in [0.05, 0.1) is 38.1 Å². The van der Waals surface area contributed by atoms with Gasteiger partial charge in [-0.25, -0.2) is 0 Å². The monoisotopic (exact) mass is 2040 g/mol. The van der Waals surface area contributed by atoms with E-state index in [4.69, 9.17) is 28.4 Å². The molecule has 0 saturated carbocycles. The molecule has 0 rings (SSSR count). The number of ether oxygens (including phenoxy) is 6. The Balaban J connectivity index is -0.00000212. The van der Waals surface area contributed by atoms with Crippen molar-refractivity contribution in [2.75, 3.05) is 121 Å². The Labute approximate surface area is 917 Å². The van der Waals surface area contributed by atoms with E-state index in [1.807, 2.05) is 0 Å². The summed E-state index contributed by atoms with van der Waals surface area (Å²) < 4.78 is 36.8. The zero-order chi connectivity index (χ0) is 108. The third kappa shape index (κ3) is 129. The molecule has 0 radical (unpaired) electrons. The van der Waals surface area contributed by atoms with Crippen molar-refractivity contribution in [2.24, 2.45) is 47.3 Å². The van der Waals surface area contributed by atoms with Crippen LogP contribution in [-0.4, -0.2) is 154 Å². The van der Waals surface area contributed by atoms with Crippen LogP contribution in [0.4, 0.5) is 0 Å². The van der Waals surface area contributed by atoms with Crippen molar-refractivity contribution >= 4 is 0 Å². The topological polar surface area (TPSA) is 65.1 Å². The molecule has 0 aliphatic carbocycles. The minimum atomic E-state index is 0.117. The molecule has 0 amide bonds. The van der Waals surface area contributed by atoms with Gasteiger partial charge in [0.15, 0.2) is 0 Å². The number of rotatable bonds is 104. The number of allylic oxidation sites excluding steroid dienone is 40. The van der Waals surface area contributed by atoms with E-state index < -0.39 is 0 Å². The number of unbranched alkanes of at least 4 members (excludes halogenated alkanes) is 12. The largest absolute Gasteiger partial charge is 0.379 e. The van der Waals surface area contributed by atoms with Gasteiger partial charge in [0.25, 0.3) is 0 Å². The van der Waals surface area contributed by atoms with Crippen molar-refractivity contribution in [3.63, 3.8) is 0 Å². The van der Waals surface area contributed by atoms with Gasteiger partial charge in [0.1, 0.15) is 0 Å². The van der Waals surface area contributed by atoms with Crippen molar-refractivity contribution in [1.82, 2.24) is 14.7 Å². The van der Waals surface area contributed by atoms with Crippen LogP contribution in [0, 0.1) is 47.3 Å². The van der Waals surface area contributed by atoms with Gasteiger partial charge in [-0.1, -0.05) is 487 Å². The normalized spacial score (nSPS) is 14.9. The molecule has 0 aliphatic rings. The van der Waals surface area contributed by atoms with Gasteiger partial charge in [-0.15, -0.1) is 0 Å². The first-order valence-electron chi connectivity index (χ1n) is 61.2. The first kappa shape index (κ1) is 146. The molecule has 9 nitrogen and oxygen atoms in total. The molecule has 0 aromatic carbocycles. The lowest BCUT2D eigenvalue weighted by Gasteiger charge is -2.23. The number of nitrogens with zero attached hydrogens (tertiary/aromatic N) is 3. The van der Waals surface area contributed by atoms with Crippen molar-refractivity contribution in [2.45, 2.75) is 468 Å². The van der Waals surface area contributed by atoms with Gasteiger partial charge in [-0.2, -0.15) is 0 Å². The van der Waals surface area contributed by atoms with Crippen LogP contribution in [0.3, 0.4) is 0 Å². The number of hydrogen-bond donors (Lipinski definition) is 0.